The smallest absolute Gasteiger partial charge is 0.326 e. The van der Waals surface area contributed by atoms with E-state index in [0.717, 1.165) is 37.7 Å². The molecule has 5 heteroatoms. The highest BCUT2D eigenvalue weighted by atomic mass is 16.4. The SMILES string of the molecule is CCCCCCC=CCCCCCC(O)CC(=O)NC(Cc1ccccc1)C(=O)O. The summed E-state index contributed by atoms with van der Waals surface area (Å²) in [6.07, 6.45) is 14.9. The standard InChI is InChI=1S/C25H39NO4/c1-2-3-4-5-6-7-8-9-10-11-15-18-22(27)20-24(28)26-23(25(29)30)19-21-16-13-12-14-17-21/h7-8,12-14,16-17,22-23,27H,2-6,9-11,15,18-20H2,1H3,(H,26,28)(H,29,30). The lowest BCUT2D eigenvalue weighted by atomic mass is 10.0. The lowest BCUT2D eigenvalue weighted by Gasteiger charge is -2.16. The molecule has 0 saturated carbocycles. The number of unbranched alkanes of at least 4 members (excludes halogenated alkanes) is 7. The number of nitrogens with one attached hydrogen (secondary N) is 1. The Bertz CT molecular complexity index is 615. The molecule has 0 aliphatic heterocycles. The van der Waals surface area contributed by atoms with Crippen LogP contribution in [0.3, 0.4) is 0 Å². The highest BCUT2D eigenvalue weighted by Gasteiger charge is 2.21. The molecule has 0 fully saturated rings. The molecule has 0 aliphatic carbocycles. The zero-order valence-electron chi connectivity index (χ0n) is 18.4. The number of carboxylic acid groups (broad SMARTS) is 1. The van der Waals surface area contributed by atoms with Crippen molar-refractivity contribution >= 4 is 11.9 Å². The van der Waals surface area contributed by atoms with Crippen molar-refractivity contribution in [2.75, 3.05) is 0 Å². The lowest BCUT2D eigenvalue weighted by molar-refractivity contribution is -0.142. The molecular weight excluding hydrogens is 378 g/mol. The summed E-state index contributed by atoms with van der Waals surface area (Å²) in [6, 6.07) is 8.21. The first-order chi connectivity index (χ1) is 14.5. The van der Waals surface area contributed by atoms with Gasteiger partial charge in [0.05, 0.1) is 12.5 Å². The van der Waals surface area contributed by atoms with Crippen LogP contribution in [0.1, 0.15) is 83.1 Å². The number of allylic oxidation sites excluding steroid dienone is 2. The monoisotopic (exact) mass is 417 g/mol. The van der Waals surface area contributed by atoms with Gasteiger partial charge in [0, 0.05) is 6.42 Å². The first kappa shape index (κ1) is 25.9. The number of benzene rings is 1. The first-order valence-electron chi connectivity index (χ1n) is 11.4. The Morgan fingerprint density at radius 2 is 1.60 bits per heavy atom. The van der Waals surface area contributed by atoms with E-state index in [2.05, 4.69) is 24.4 Å². The van der Waals surface area contributed by atoms with Crippen LogP contribution in [0.25, 0.3) is 0 Å². The third-order valence-electron chi connectivity index (χ3n) is 5.14. The summed E-state index contributed by atoms with van der Waals surface area (Å²) in [5.74, 6) is -1.49. The number of rotatable bonds is 17. The molecule has 0 saturated heterocycles. The third-order valence-corrected chi connectivity index (χ3v) is 5.14. The largest absolute Gasteiger partial charge is 0.480 e. The molecule has 2 atom stereocenters. The van der Waals surface area contributed by atoms with Crippen LogP contribution in [-0.4, -0.2) is 34.2 Å². The van der Waals surface area contributed by atoms with Gasteiger partial charge in [-0.15, -0.1) is 0 Å². The van der Waals surface area contributed by atoms with Gasteiger partial charge in [-0.05, 0) is 37.7 Å². The molecule has 168 valence electrons. The van der Waals surface area contributed by atoms with Crippen LogP contribution < -0.4 is 5.32 Å². The lowest BCUT2D eigenvalue weighted by Crippen LogP contribution is -2.43. The predicted octanol–water partition coefficient (Wildman–Crippen LogP) is 5.03. The number of carboxylic acids is 1. The molecular formula is C25H39NO4. The van der Waals surface area contributed by atoms with Gasteiger partial charge in [0.25, 0.3) is 0 Å². The summed E-state index contributed by atoms with van der Waals surface area (Å²) in [7, 11) is 0. The fourth-order valence-corrected chi connectivity index (χ4v) is 3.36. The van der Waals surface area contributed by atoms with Gasteiger partial charge in [-0.1, -0.05) is 81.5 Å². The average Bonchev–Trinajstić information content (AvgIpc) is 2.72. The molecule has 0 aliphatic rings. The van der Waals surface area contributed by atoms with E-state index in [4.69, 9.17) is 0 Å². The van der Waals surface area contributed by atoms with Crippen molar-refractivity contribution in [1.29, 1.82) is 0 Å². The highest BCUT2D eigenvalue weighted by molar-refractivity contribution is 5.84. The van der Waals surface area contributed by atoms with Crippen LogP contribution in [0.4, 0.5) is 0 Å². The number of aliphatic hydroxyl groups is 1. The number of hydrogen-bond donors (Lipinski definition) is 3. The molecule has 0 spiro atoms. The number of carbonyl (C=O) groups is 2. The number of aliphatic hydroxyl groups excluding tert-OH is 1. The van der Waals surface area contributed by atoms with Crippen molar-refractivity contribution in [3.63, 3.8) is 0 Å². The van der Waals surface area contributed by atoms with Crippen molar-refractivity contribution in [3.8, 4) is 0 Å². The van der Waals surface area contributed by atoms with Gasteiger partial charge < -0.3 is 15.5 Å². The van der Waals surface area contributed by atoms with E-state index in [1.807, 2.05) is 30.3 Å². The van der Waals surface area contributed by atoms with Gasteiger partial charge >= 0.3 is 5.97 Å². The van der Waals surface area contributed by atoms with Gasteiger partial charge in [0.2, 0.25) is 5.91 Å². The van der Waals surface area contributed by atoms with Crippen molar-refractivity contribution in [1.82, 2.24) is 5.32 Å². The quantitative estimate of drug-likeness (QED) is 0.245. The minimum Gasteiger partial charge on any atom is -0.480 e. The number of amides is 1. The molecule has 0 heterocycles. The number of hydrogen-bond acceptors (Lipinski definition) is 3. The highest BCUT2D eigenvalue weighted by Crippen LogP contribution is 2.10. The maximum absolute atomic E-state index is 12.1. The summed E-state index contributed by atoms with van der Waals surface area (Å²) in [4.78, 5) is 23.5. The Kier molecular flexibility index (Phi) is 14.4. The molecule has 0 aromatic heterocycles. The van der Waals surface area contributed by atoms with Gasteiger partial charge in [0.15, 0.2) is 0 Å². The van der Waals surface area contributed by atoms with E-state index in [-0.39, 0.29) is 12.8 Å². The maximum Gasteiger partial charge on any atom is 0.326 e. The Labute approximate surface area is 181 Å². The fourth-order valence-electron chi connectivity index (χ4n) is 3.36. The van der Waals surface area contributed by atoms with Crippen molar-refractivity contribution in [2.24, 2.45) is 0 Å². The number of aliphatic carboxylic acids is 1. The van der Waals surface area contributed by atoms with Crippen LogP contribution in [0, 0.1) is 0 Å². The van der Waals surface area contributed by atoms with E-state index in [1.54, 1.807) is 0 Å². The molecule has 1 rings (SSSR count). The Hall–Kier alpha value is -2.14. The van der Waals surface area contributed by atoms with Crippen LogP contribution in [0.2, 0.25) is 0 Å². The second-order valence-electron chi connectivity index (χ2n) is 7.96. The van der Waals surface area contributed by atoms with Gasteiger partial charge in [0.1, 0.15) is 6.04 Å². The van der Waals surface area contributed by atoms with Crippen LogP contribution in [-0.2, 0) is 16.0 Å². The summed E-state index contributed by atoms with van der Waals surface area (Å²) < 4.78 is 0. The van der Waals surface area contributed by atoms with Gasteiger partial charge in [-0.25, -0.2) is 4.79 Å². The third kappa shape index (κ3) is 13.2. The zero-order valence-corrected chi connectivity index (χ0v) is 18.4. The van der Waals surface area contributed by atoms with E-state index < -0.39 is 24.0 Å². The van der Waals surface area contributed by atoms with Crippen LogP contribution in [0.15, 0.2) is 42.5 Å². The molecule has 1 amide bonds. The molecule has 1 aromatic rings. The van der Waals surface area contributed by atoms with Crippen molar-refractivity contribution in [3.05, 3.63) is 48.0 Å². The normalized spacial score (nSPS) is 13.3. The van der Waals surface area contributed by atoms with E-state index in [9.17, 15) is 19.8 Å². The summed E-state index contributed by atoms with van der Waals surface area (Å²) >= 11 is 0. The second kappa shape index (κ2) is 16.6. The topological polar surface area (TPSA) is 86.6 Å². The molecule has 0 radical (unpaired) electrons. The number of carbonyl (C=O) groups excluding carboxylic acids is 1. The maximum atomic E-state index is 12.1. The second-order valence-corrected chi connectivity index (χ2v) is 7.96. The Morgan fingerprint density at radius 3 is 2.20 bits per heavy atom. The van der Waals surface area contributed by atoms with Crippen LogP contribution >= 0.6 is 0 Å². The predicted molar refractivity (Wildman–Crippen MR) is 121 cm³/mol. The molecule has 3 N–H and O–H groups in total. The van der Waals surface area contributed by atoms with E-state index >= 15 is 0 Å². The average molecular weight is 418 g/mol. The summed E-state index contributed by atoms with van der Waals surface area (Å²) in [6.45, 7) is 2.22. The molecule has 1 aromatic carbocycles. The molecule has 30 heavy (non-hydrogen) atoms. The Morgan fingerprint density at radius 1 is 0.967 bits per heavy atom. The first-order valence-corrected chi connectivity index (χ1v) is 11.4. The Balaban J connectivity index is 2.15. The zero-order chi connectivity index (χ0) is 22.0. The van der Waals surface area contributed by atoms with E-state index in [1.165, 1.54) is 25.7 Å². The van der Waals surface area contributed by atoms with Crippen molar-refractivity contribution in [2.45, 2.75) is 96.1 Å². The minimum absolute atomic E-state index is 0.0593. The molecule has 5 nitrogen and oxygen atoms in total. The van der Waals surface area contributed by atoms with Gasteiger partial charge in [-0.3, -0.25) is 4.79 Å². The van der Waals surface area contributed by atoms with Crippen LogP contribution in [0.5, 0.6) is 0 Å². The minimum atomic E-state index is -1.07. The van der Waals surface area contributed by atoms with E-state index in [0.29, 0.717) is 6.42 Å². The fraction of sp³-hybridized carbons (Fsp3) is 0.600. The van der Waals surface area contributed by atoms with Gasteiger partial charge in [-0.2, -0.15) is 0 Å². The molecule has 2 unspecified atom stereocenters. The molecule has 0 bridgehead atoms. The summed E-state index contributed by atoms with van der Waals surface area (Å²) in [5, 5.41) is 22.0. The summed E-state index contributed by atoms with van der Waals surface area (Å²) in [5.41, 5.74) is 0.848. The van der Waals surface area contributed by atoms with Crippen molar-refractivity contribution < 1.29 is 19.8 Å².